The topological polar surface area (TPSA) is 89.2 Å². The van der Waals surface area contributed by atoms with Gasteiger partial charge in [0.2, 0.25) is 11.0 Å². The Hall–Kier alpha value is -1.78. The van der Waals surface area contributed by atoms with Crippen molar-refractivity contribution in [2.45, 2.75) is 42.2 Å². The molecule has 26 heavy (non-hydrogen) atoms. The maximum Gasteiger partial charge on any atom is 0.258 e. The van der Waals surface area contributed by atoms with Gasteiger partial charge in [0.15, 0.2) is 9.30 Å². The molecule has 0 bridgehead atoms. The Labute approximate surface area is 161 Å². The summed E-state index contributed by atoms with van der Waals surface area (Å²) < 4.78 is 2.28. The van der Waals surface area contributed by atoms with Crippen LogP contribution in [0.4, 0.5) is 5.13 Å². The second kappa shape index (κ2) is 7.85. The van der Waals surface area contributed by atoms with E-state index in [9.17, 15) is 9.59 Å². The van der Waals surface area contributed by atoms with Crippen LogP contribution in [0.5, 0.6) is 0 Å². The van der Waals surface area contributed by atoms with Crippen LogP contribution in [-0.2, 0) is 10.5 Å². The van der Waals surface area contributed by atoms with Gasteiger partial charge >= 0.3 is 0 Å². The molecule has 0 atom stereocenters. The molecule has 0 aromatic carbocycles. The van der Waals surface area contributed by atoms with Gasteiger partial charge in [-0.3, -0.25) is 14.0 Å². The van der Waals surface area contributed by atoms with Crippen LogP contribution in [0.1, 0.15) is 37.8 Å². The highest BCUT2D eigenvalue weighted by Crippen LogP contribution is 2.29. The molecule has 0 aliphatic heterocycles. The Bertz CT molecular complexity index is 974. The number of nitrogens with zero attached hydrogens (tertiary/aromatic N) is 4. The van der Waals surface area contributed by atoms with Gasteiger partial charge in [0.1, 0.15) is 0 Å². The summed E-state index contributed by atoms with van der Waals surface area (Å²) in [4.78, 5) is 29.4. The van der Waals surface area contributed by atoms with Crippen LogP contribution >= 0.6 is 34.4 Å². The van der Waals surface area contributed by atoms with Crippen LogP contribution < -0.4 is 10.9 Å². The van der Waals surface area contributed by atoms with E-state index in [0.29, 0.717) is 21.5 Å². The number of aromatic nitrogens is 4. The lowest BCUT2D eigenvalue weighted by atomic mass is 9.89. The van der Waals surface area contributed by atoms with Gasteiger partial charge < -0.3 is 5.32 Å². The van der Waals surface area contributed by atoms with Gasteiger partial charge in [-0.15, -0.1) is 21.5 Å². The summed E-state index contributed by atoms with van der Waals surface area (Å²) in [6.45, 7) is 0. The third-order valence-electron chi connectivity index (χ3n) is 4.31. The highest BCUT2D eigenvalue weighted by Gasteiger charge is 2.22. The molecule has 4 rings (SSSR count). The van der Waals surface area contributed by atoms with Crippen LogP contribution in [0.25, 0.3) is 4.96 Å². The molecule has 0 saturated heterocycles. The number of thioether (sulfide) groups is 1. The summed E-state index contributed by atoms with van der Waals surface area (Å²) in [7, 11) is 0. The average molecular weight is 408 g/mol. The number of amides is 1. The molecule has 10 heteroatoms. The lowest BCUT2D eigenvalue weighted by Crippen LogP contribution is -2.24. The highest BCUT2D eigenvalue weighted by atomic mass is 32.2. The van der Waals surface area contributed by atoms with Gasteiger partial charge in [0, 0.05) is 29.3 Å². The fourth-order valence-corrected chi connectivity index (χ4v) is 5.37. The van der Waals surface area contributed by atoms with Crippen molar-refractivity contribution in [3.8, 4) is 0 Å². The van der Waals surface area contributed by atoms with E-state index < -0.39 is 0 Å². The molecule has 1 N–H and O–H groups in total. The third-order valence-corrected chi connectivity index (χ3v) is 7.07. The molecule has 136 valence electrons. The summed E-state index contributed by atoms with van der Waals surface area (Å²) in [5.41, 5.74) is 0.634. The molecule has 0 spiro atoms. The summed E-state index contributed by atoms with van der Waals surface area (Å²) in [5, 5.41) is 13.4. The van der Waals surface area contributed by atoms with E-state index in [1.165, 1.54) is 45.3 Å². The van der Waals surface area contributed by atoms with Crippen molar-refractivity contribution in [3.05, 3.63) is 33.7 Å². The first-order valence-electron chi connectivity index (χ1n) is 8.42. The number of carbonyl (C=O) groups is 1. The van der Waals surface area contributed by atoms with Gasteiger partial charge in [-0.1, -0.05) is 42.4 Å². The zero-order valence-corrected chi connectivity index (χ0v) is 16.3. The molecule has 1 amide bonds. The van der Waals surface area contributed by atoms with Crippen LogP contribution in [0, 0.1) is 5.92 Å². The number of thiazole rings is 1. The van der Waals surface area contributed by atoms with Crippen LogP contribution in [-0.4, -0.2) is 25.5 Å². The molecule has 0 radical (unpaired) electrons. The summed E-state index contributed by atoms with van der Waals surface area (Å²) in [6, 6.07) is 1.54. The van der Waals surface area contributed by atoms with E-state index in [1.807, 2.05) is 5.38 Å². The molecule has 1 saturated carbocycles. The van der Waals surface area contributed by atoms with Crippen LogP contribution in [0.2, 0.25) is 0 Å². The monoisotopic (exact) mass is 407 g/mol. The molecule has 1 fully saturated rings. The third kappa shape index (κ3) is 3.97. The minimum absolute atomic E-state index is 0.0511. The maximum absolute atomic E-state index is 12.3. The standard InChI is InChI=1S/C16H17N5O2S3/c22-12-8-11(17-15-21(12)6-7-24-15)9-25-16-20-19-14(26-16)18-13(23)10-4-2-1-3-5-10/h6-8,10H,1-5,9H2,(H,18,19,23). The fraction of sp³-hybridized carbons (Fsp3) is 0.438. The van der Waals surface area contributed by atoms with Crippen molar-refractivity contribution >= 4 is 50.4 Å². The first-order chi connectivity index (χ1) is 12.7. The van der Waals surface area contributed by atoms with Gasteiger partial charge in [-0.2, -0.15) is 0 Å². The first-order valence-corrected chi connectivity index (χ1v) is 11.1. The molecule has 3 aromatic rings. The number of hydrogen-bond donors (Lipinski definition) is 1. The van der Waals surface area contributed by atoms with E-state index in [2.05, 4.69) is 20.5 Å². The average Bonchev–Trinajstić information content (AvgIpc) is 3.30. The Morgan fingerprint density at radius 1 is 1.31 bits per heavy atom. The summed E-state index contributed by atoms with van der Waals surface area (Å²) in [5.74, 6) is 0.683. The predicted octanol–water partition coefficient (Wildman–Crippen LogP) is 3.42. The zero-order chi connectivity index (χ0) is 17.9. The van der Waals surface area contributed by atoms with Crippen molar-refractivity contribution in [1.29, 1.82) is 0 Å². The minimum Gasteiger partial charge on any atom is -0.300 e. The van der Waals surface area contributed by atoms with Gasteiger partial charge in [0.25, 0.3) is 5.56 Å². The van der Waals surface area contributed by atoms with Crippen molar-refractivity contribution in [3.63, 3.8) is 0 Å². The molecule has 1 aliphatic rings. The van der Waals surface area contributed by atoms with Crippen molar-refractivity contribution < 1.29 is 4.79 Å². The second-order valence-corrected chi connectivity index (χ2v) is 9.20. The van der Waals surface area contributed by atoms with Gasteiger partial charge in [-0.05, 0) is 12.8 Å². The second-order valence-electron chi connectivity index (χ2n) is 6.13. The minimum atomic E-state index is -0.0791. The number of hydrogen-bond acceptors (Lipinski definition) is 8. The Kier molecular flexibility index (Phi) is 5.32. The smallest absolute Gasteiger partial charge is 0.258 e. The van der Waals surface area contributed by atoms with Gasteiger partial charge in [-0.25, -0.2) is 4.98 Å². The van der Waals surface area contributed by atoms with Crippen molar-refractivity contribution in [1.82, 2.24) is 19.6 Å². The van der Waals surface area contributed by atoms with Crippen LogP contribution in [0.3, 0.4) is 0 Å². The SMILES string of the molecule is O=C(Nc1nnc(SCc2cc(=O)n3ccsc3n2)s1)C1CCCCC1. The lowest BCUT2D eigenvalue weighted by Gasteiger charge is -2.19. The number of fused-ring (bicyclic) bond motifs is 1. The number of carbonyl (C=O) groups excluding carboxylic acids is 1. The molecular weight excluding hydrogens is 390 g/mol. The molecule has 3 aromatic heterocycles. The largest absolute Gasteiger partial charge is 0.300 e. The van der Waals surface area contributed by atoms with Crippen molar-refractivity contribution in [2.75, 3.05) is 5.32 Å². The Morgan fingerprint density at radius 2 is 2.15 bits per heavy atom. The van der Waals surface area contributed by atoms with Crippen molar-refractivity contribution in [2.24, 2.45) is 5.92 Å². The normalized spacial score (nSPS) is 15.4. The van der Waals surface area contributed by atoms with E-state index in [4.69, 9.17) is 0 Å². The van der Waals surface area contributed by atoms with Gasteiger partial charge in [0.05, 0.1) is 5.69 Å². The van der Waals surface area contributed by atoms with E-state index in [0.717, 1.165) is 30.0 Å². The maximum atomic E-state index is 12.3. The number of nitrogens with one attached hydrogen (secondary N) is 1. The summed E-state index contributed by atoms with van der Waals surface area (Å²) >= 11 is 4.25. The molecule has 1 aliphatic carbocycles. The van der Waals surface area contributed by atoms with E-state index in [-0.39, 0.29) is 17.4 Å². The number of anilines is 1. The first kappa shape index (κ1) is 17.6. The zero-order valence-electron chi connectivity index (χ0n) is 13.9. The molecule has 3 heterocycles. The van der Waals surface area contributed by atoms with E-state index in [1.54, 1.807) is 12.3 Å². The quantitative estimate of drug-likeness (QED) is 0.515. The Balaban J connectivity index is 1.37. The summed E-state index contributed by atoms with van der Waals surface area (Å²) in [6.07, 6.45) is 7.10. The predicted molar refractivity (Wildman–Crippen MR) is 104 cm³/mol. The Morgan fingerprint density at radius 3 is 3.00 bits per heavy atom. The molecule has 7 nitrogen and oxygen atoms in total. The number of rotatable bonds is 5. The highest BCUT2D eigenvalue weighted by molar-refractivity contribution is 8.00. The molecular formula is C16H17N5O2S3. The van der Waals surface area contributed by atoms with E-state index >= 15 is 0 Å². The van der Waals surface area contributed by atoms with Crippen LogP contribution in [0.15, 0.2) is 26.8 Å². The molecule has 0 unspecified atom stereocenters. The fourth-order valence-electron chi connectivity index (χ4n) is 2.99. The lowest BCUT2D eigenvalue weighted by molar-refractivity contribution is -0.120.